The van der Waals surface area contributed by atoms with Gasteiger partial charge in [-0.1, -0.05) is 18.2 Å². The number of amides is 1. The van der Waals surface area contributed by atoms with E-state index in [4.69, 9.17) is 9.47 Å². The molecule has 3 aliphatic rings. The van der Waals surface area contributed by atoms with Crippen molar-refractivity contribution >= 4 is 16.8 Å². The van der Waals surface area contributed by atoms with Crippen molar-refractivity contribution in [2.45, 2.75) is 57.9 Å². The first-order valence-corrected chi connectivity index (χ1v) is 12.3. The van der Waals surface area contributed by atoms with Crippen LogP contribution in [0.3, 0.4) is 0 Å². The second-order valence-electron chi connectivity index (χ2n) is 9.86. The second kappa shape index (κ2) is 9.33. The lowest BCUT2D eigenvalue weighted by atomic mass is 9.66. The van der Waals surface area contributed by atoms with Crippen molar-refractivity contribution in [1.29, 1.82) is 0 Å². The summed E-state index contributed by atoms with van der Waals surface area (Å²) in [7, 11) is 0. The molecule has 168 valence electrons. The third-order valence-corrected chi connectivity index (χ3v) is 8.05. The molecule has 31 heavy (non-hydrogen) atoms. The minimum Gasteiger partial charge on any atom is -0.381 e. The second-order valence-corrected chi connectivity index (χ2v) is 9.86. The fourth-order valence-electron chi connectivity index (χ4n) is 5.97. The monoisotopic (exact) mass is 424 g/mol. The van der Waals surface area contributed by atoms with Gasteiger partial charge in [0.25, 0.3) is 5.91 Å². The molecular formula is C26H36N2O3. The Kier molecular flexibility index (Phi) is 6.33. The maximum Gasteiger partial charge on any atom is 0.256 e. The van der Waals surface area contributed by atoms with Gasteiger partial charge in [0.1, 0.15) is 0 Å². The summed E-state index contributed by atoms with van der Waals surface area (Å²) >= 11 is 0. The van der Waals surface area contributed by atoms with Gasteiger partial charge in [-0.3, -0.25) is 4.79 Å². The van der Waals surface area contributed by atoms with Crippen LogP contribution < -0.4 is 0 Å². The summed E-state index contributed by atoms with van der Waals surface area (Å²) in [6.45, 7) is 5.58. The number of carbonyl (C=O) groups excluding carboxylic acids is 1. The SMILES string of the molecule is O=C(c1cn(CCCC2CCC3(CCOCC3)CC2)c2ccccc12)N1CCOCC1. The molecule has 0 unspecified atom stereocenters. The molecule has 1 aromatic carbocycles. The van der Waals surface area contributed by atoms with Crippen molar-refractivity contribution in [3.63, 3.8) is 0 Å². The van der Waals surface area contributed by atoms with Crippen LogP contribution in [0.2, 0.25) is 0 Å². The largest absolute Gasteiger partial charge is 0.381 e. The Hall–Kier alpha value is -1.85. The molecule has 1 saturated carbocycles. The van der Waals surface area contributed by atoms with Crippen LogP contribution in [0, 0.1) is 11.3 Å². The lowest BCUT2D eigenvalue weighted by Gasteiger charge is -2.42. The number of benzene rings is 1. The van der Waals surface area contributed by atoms with Crippen LogP contribution in [0.4, 0.5) is 0 Å². The quantitative estimate of drug-likeness (QED) is 0.687. The highest BCUT2D eigenvalue weighted by Gasteiger charge is 2.36. The molecule has 2 saturated heterocycles. The van der Waals surface area contributed by atoms with E-state index in [1.54, 1.807) is 0 Å². The van der Waals surface area contributed by atoms with Crippen molar-refractivity contribution in [3.05, 3.63) is 36.0 Å². The molecule has 1 spiro atoms. The van der Waals surface area contributed by atoms with Crippen LogP contribution in [-0.2, 0) is 16.0 Å². The van der Waals surface area contributed by atoms with Gasteiger partial charge in [0, 0.05) is 49.9 Å². The van der Waals surface area contributed by atoms with Gasteiger partial charge in [-0.05, 0) is 68.8 Å². The average Bonchev–Trinajstić information content (AvgIpc) is 3.20. The summed E-state index contributed by atoms with van der Waals surface area (Å²) in [4.78, 5) is 15.1. The maximum atomic E-state index is 13.1. The van der Waals surface area contributed by atoms with E-state index in [-0.39, 0.29) is 5.91 Å². The van der Waals surface area contributed by atoms with Crippen molar-refractivity contribution in [1.82, 2.24) is 9.47 Å². The smallest absolute Gasteiger partial charge is 0.256 e. The Morgan fingerprint density at radius 1 is 0.968 bits per heavy atom. The third-order valence-electron chi connectivity index (χ3n) is 8.05. The summed E-state index contributed by atoms with van der Waals surface area (Å²) < 4.78 is 13.3. The molecule has 0 N–H and O–H groups in total. The van der Waals surface area contributed by atoms with Gasteiger partial charge in [-0.25, -0.2) is 0 Å². The minimum absolute atomic E-state index is 0.146. The van der Waals surface area contributed by atoms with Crippen LogP contribution in [-0.4, -0.2) is 54.9 Å². The van der Waals surface area contributed by atoms with Crippen molar-refractivity contribution in [2.24, 2.45) is 11.3 Å². The van der Waals surface area contributed by atoms with E-state index in [2.05, 4.69) is 29.0 Å². The Morgan fingerprint density at radius 3 is 2.45 bits per heavy atom. The molecule has 0 bridgehead atoms. The van der Waals surface area contributed by atoms with Gasteiger partial charge >= 0.3 is 0 Å². The summed E-state index contributed by atoms with van der Waals surface area (Å²) in [6, 6.07) is 8.36. The minimum atomic E-state index is 0.146. The molecule has 0 radical (unpaired) electrons. The first kappa shape index (κ1) is 21.0. The molecule has 3 heterocycles. The Bertz CT molecular complexity index is 883. The molecular weight excluding hydrogens is 388 g/mol. The zero-order valence-corrected chi connectivity index (χ0v) is 18.7. The fourth-order valence-corrected chi connectivity index (χ4v) is 5.97. The molecule has 5 rings (SSSR count). The molecule has 1 amide bonds. The lowest BCUT2D eigenvalue weighted by molar-refractivity contribution is -0.0136. The first-order chi connectivity index (χ1) is 15.2. The fraction of sp³-hybridized carbons (Fsp3) is 0.654. The number of fused-ring (bicyclic) bond motifs is 1. The summed E-state index contributed by atoms with van der Waals surface area (Å²) in [5, 5.41) is 1.08. The van der Waals surface area contributed by atoms with Gasteiger partial charge in [0.05, 0.1) is 18.8 Å². The first-order valence-electron chi connectivity index (χ1n) is 12.3. The lowest BCUT2D eigenvalue weighted by Crippen LogP contribution is -2.40. The number of aromatic nitrogens is 1. The predicted octanol–water partition coefficient (Wildman–Crippen LogP) is 4.88. The van der Waals surface area contributed by atoms with Crippen LogP contribution in [0.25, 0.3) is 10.9 Å². The number of para-hydroxylation sites is 1. The third kappa shape index (κ3) is 4.54. The molecule has 5 nitrogen and oxygen atoms in total. The zero-order valence-electron chi connectivity index (χ0n) is 18.7. The molecule has 0 atom stereocenters. The van der Waals surface area contributed by atoms with Gasteiger partial charge in [0.15, 0.2) is 0 Å². The average molecular weight is 425 g/mol. The van der Waals surface area contributed by atoms with Crippen LogP contribution >= 0.6 is 0 Å². The van der Waals surface area contributed by atoms with Gasteiger partial charge in [0.2, 0.25) is 0 Å². The van der Waals surface area contributed by atoms with Crippen LogP contribution in [0.1, 0.15) is 61.7 Å². The summed E-state index contributed by atoms with van der Waals surface area (Å²) in [5.41, 5.74) is 2.63. The topological polar surface area (TPSA) is 43.7 Å². The highest BCUT2D eigenvalue weighted by molar-refractivity contribution is 6.07. The summed E-state index contributed by atoms with van der Waals surface area (Å²) in [5.74, 6) is 1.01. The highest BCUT2D eigenvalue weighted by atomic mass is 16.5. The summed E-state index contributed by atoms with van der Waals surface area (Å²) in [6.07, 6.45) is 12.7. The Labute approximate surface area is 185 Å². The maximum absolute atomic E-state index is 13.1. The number of ether oxygens (including phenoxy) is 2. The molecule has 3 fully saturated rings. The van der Waals surface area contributed by atoms with E-state index in [1.165, 1.54) is 56.9 Å². The standard InChI is InChI=1S/C26H36N2O3/c29-25(27-14-18-31-19-15-27)23-20-28(24-6-2-1-5-22(23)24)13-3-4-21-7-9-26(10-8-21)11-16-30-17-12-26/h1-2,5-6,20-21H,3-4,7-19H2. The number of carbonyl (C=O) groups is 1. The van der Waals surface area contributed by atoms with E-state index in [0.29, 0.717) is 31.7 Å². The van der Waals surface area contributed by atoms with E-state index in [1.807, 2.05) is 11.0 Å². The molecule has 1 aliphatic carbocycles. The number of morpholine rings is 1. The van der Waals surface area contributed by atoms with Crippen molar-refractivity contribution in [2.75, 3.05) is 39.5 Å². The zero-order chi connectivity index (χ0) is 21.1. The normalized spacial score (nSPS) is 22.3. The Morgan fingerprint density at radius 2 is 1.68 bits per heavy atom. The number of nitrogens with zero attached hydrogens (tertiary/aromatic N) is 2. The van der Waals surface area contributed by atoms with Crippen LogP contribution in [0.5, 0.6) is 0 Å². The van der Waals surface area contributed by atoms with Gasteiger partial charge in [-0.2, -0.15) is 0 Å². The van der Waals surface area contributed by atoms with Crippen molar-refractivity contribution in [3.8, 4) is 0 Å². The van der Waals surface area contributed by atoms with Gasteiger partial charge < -0.3 is 18.9 Å². The van der Waals surface area contributed by atoms with E-state index >= 15 is 0 Å². The molecule has 5 heteroatoms. The molecule has 2 aliphatic heterocycles. The van der Waals surface area contributed by atoms with E-state index in [0.717, 1.165) is 36.6 Å². The predicted molar refractivity (Wildman–Crippen MR) is 122 cm³/mol. The van der Waals surface area contributed by atoms with Gasteiger partial charge in [-0.15, -0.1) is 0 Å². The number of rotatable bonds is 5. The molecule has 1 aromatic heterocycles. The van der Waals surface area contributed by atoms with E-state index < -0.39 is 0 Å². The van der Waals surface area contributed by atoms with Crippen LogP contribution in [0.15, 0.2) is 30.5 Å². The molecule has 2 aromatic rings. The number of aryl methyl sites for hydroxylation is 1. The number of hydrogen-bond donors (Lipinski definition) is 0. The van der Waals surface area contributed by atoms with Crippen molar-refractivity contribution < 1.29 is 14.3 Å². The highest BCUT2D eigenvalue weighted by Crippen LogP contribution is 2.46. The Balaban J connectivity index is 1.20. The van der Waals surface area contributed by atoms with E-state index in [9.17, 15) is 4.79 Å². The number of hydrogen-bond acceptors (Lipinski definition) is 3.